The summed E-state index contributed by atoms with van der Waals surface area (Å²) in [5, 5.41) is 0. The van der Waals surface area contributed by atoms with Crippen LogP contribution in [-0.2, 0) is 11.8 Å². The largest absolute Gasteiger partial charge is 0.0622 e. The second-order valence-electron chi connectivity index (χ2n) is 7.67. The minimum absolute atomic E-state index is 0.231. The molecular weight excluding hydrogens is 336 g/mol. The monoisotopic (exact) mass is 362 g/mol. The summed E-state index contributed by atoms with van der Waals surface area (Å²) in [6, 6.07) is 39.9. The number of hydrogen-bond donors (Lipinski definition) is 0. The van der Waals surface area contributed by atoms with E-state index in [2.05, 4.69) is 123 Å². The molecule has 0 heteroatoms. The third-order valence-corrected chi connectivity index (χ3v) is 5.67. The van der Waals surface area contributed by atoms with Crippen molar-refractivity contribution < 1.29 is 0 Å². The Morgan fingerprint density at radius 1 is 0.464 bits per heavy atom. The highest BCUT2D eigenvalue weighted by molar-refractivity contribution is 5.52. The average Bonchev–Trinajstić information content (AvgIpc) is 2.75. The van der Waals surface area contributed by atoms with Gasteiger partial charge in [0.25, 0.3) is 0 Å². The number of hydrogen-bond acceptors (Lipinski definition) is 0. The van der Waals surface area contributed by atoms with Crippen LogP contribution < -0.4 is 0 Å². The van der Waals surface area contributed by atoms with E-state index in [0.717, 1.165) is 6.42 Å². The first-order valence-corrected chi connectivity index (χ1v) is 9.92. The van der Waals surface area contributed by atoms with Crippen molar-refractivity contribution in [2.24, 2.45) is 0 Å². The molecule has 0 saturated heterocycles. The van der Waals surface area contributed by atoms with Crippen molar-refractivity contribution in [3.63, 3.8) is 0 Å². The van der Waals surface area contributed by atoms with E-state index in [9.17, 15) is 0 Å². The highest BCUT2D eigenvalue weighted by Gasteiger charge is 2.36. The molecule has 0 unspecified atom stereocenters. The van der Waals surface area contributed by atoms with E-state index in [1.165, 1.54) is 33.4 Å². The second-order valence-corrected chi connectivity index (χ2v) is 7.67. The van der Waals surface area contributed by atoms with Gasteiger partial charge >= 0.3 is 0 Å². The summed E-state index contributed by atoms with van der Waals surface area (Å²) in [5.41, 5.74) is 7.68. The Balaban J connectivity index is 1.99. The van der Waals surface area contributed by atoms with Crippen LogP contribution in [0.3, 0.4) is 0 Å². The Kier molecular flexibility index (Phi) is 5.12. The standard InChI is InChI=1S/C28H26/c1-22-13-17-24(18-14-22)21-28(25-9-5-3-6-10-25,26-11-7-4-8-12-26)27-19-15-23(2)16-20-27/h3-20H,21H2,1-2H3. The van der Waals surface area contributed by atoms with E-state index in [0.29, 0.717) is 0 Å². The van der Waals surface area contributed by atoms with Gasteiger partial charge in [-0.25, -0.2) is 0 Å². The zero-order chi connectivity index (χ0) is 19.4. The van der Waals surface area contributed by atoms with E-state index in [-0.39, 0.29) is 5.41 Å². The van der Waals surface area contributed by atoms with E-state index >= 15 is 0 Å². The van der Waals surface area contributed by atoms with Crippen LogP contribution >= 0.6 is 0 Å². The van der Waals surface area contributed by atoms with Gasteiger partial charge in [-0.05, 0) is 42.5 Å². The van der Waals surface area contributed by atoms with Crippen LogP contribution in [0.5, 0.6) is 0 Å². The van der Waals surface area contributed by atoms with Gasteiger partial charge in [-0.1, -0.05) is 120 Å². The van der Waals surface area contributed by atoms with Crippen molar-refractivity contribution in [3.05, 3.63) is 143 Å². The molecule has 0 spiro atoms. The van der Waals surface area contributed by atoms with Crippen LogP contribution in [0.25, 0.3) is 0 Å². The summed E-state index contributed by atoms with van der Waals surface area (Å²) in [4.78, 5) is 0. The smallest absolute Gasteiger partial charge is 0.0491 e. The molecule has 28 heavy (non-hydrogen) atoms. The molecule has 0 fully saturated rings. The van der Waals surface area contributed by atoms with Gasteiger partial charge in [0.1, 0.15) is 0 Å². The lowest BCUT2D eigenvalue weighted by molar-refractivity contribution is 0.612. The van der Waals surface area contributed by atoms with Crippen LogP contribution in [0.15, 0.2) is 109 Å². The SMILES string of the molecule is Cc1ccc(CC(c2ccccc2)(c2ccccc2)c2ccc(C)cc2)cc1. The van der Waals surface area contributed by atoms with Crippen molar-refractivity contribution in [1.29, 1.82) is 0 Å². The maximum atomic E-state index is 2.30. The number of benzene rings is 4. The van der Waals surface area contributed by atoms with E-state index in [1.807, 2.05) is 0 Å². The third kappa shape index (κ3) is 3.51. The minimum Gasteiger partial charge on any atom is -0.0622 e. The van der Waals surface area contributed by atoms with Crippen molar-refractivity contribution in [2.45, 2.75) is 25.7 Å². The Hall–Kier alpha value is -3.12. The molecule has 0 aliphatic carbocycles. The predicted molar refractivity (Wildman–Crippen MR) is 119 cm³/mol. The third-order valence-electron chi connectivity index (χ3n) is 5.67. The lowest BCUT2D eigenvalue weighted by atomic mass is 9.66. The van der Waals surface area contributed by atoms with Crippen molar-refractivity contribution in [3.8, 4) is 0 Å². The molecule has 0 heterocycles. The quantitative estimate of drug-likeness (QED) is 0.339. The Labute approximate surface area is 168 Å². The molecule has 0 atom stereocenters. The molecule has 0 aliphatic rings. The van der Waals surface area contributed by atoms with Gasteiger partial charge in [0, 0.05) is 5.41 Å². The van der Waals surface area contributed by atoms with Crippen LogP contribution in [0, 0.1) is 13.8 Å². The maximum absolute atomic E-state index is 2.30. The molecule has 0 N–H and O–H groups in total. The Morgan fingerprint density at radius 2 is 0.857 bits per heavy atom. The van der Waals surface area contributed by atoms with Gasteiger partial charge in [0.2, 0.25) is 0 Å². The van der Waals surface area contributed by atoms with Gasteiger partial charge < -0.3 is 0 Å². The van der Waals surface area contributed by atoms with Crippen LogP contribution in [0.1, 0.15) is 33.4 Å². The predicted octanol–water partition coefficient (Wildman–Crippen LogP) is 6.88. The summed E-state index contributed by atoms with van der Waals surface area (Å²) in [6.45, 7) is 4.29. The van der Waals surface area contributed by atoms with E-state index in [1.54, 1.807) is 0 Å². The fourth-order valence-corrected chi connectivity index (χ4v) is 4.10. The molecule has 0 amide bonds. The maximum Gasteiger partial charge on any atom is 0.0491 e. The van der Waals surface area contributed by atoms with Crippen LogP contribution in [-0.4, -0.2) is 0 Å². The Morgan fingerprint density at radius 3 is 1.32 bits per heavy atom. The summed E-state index contributed by atoms with van der Waals surface area (Å²) >= 11 is 0. The molecule has 0 saturated carbocycles. The first-order chi connectivity index (χ1) is 13.7. The van der Waals surface area contributed by atoms with Crippen LogP contribution in [0.4, 0.5) is 0 Å². The molecule has 138 valence electrons. The Bertz CT molecular complexity index is 971. The van der Waals surface area contributed by atoms with Gasteiger partial charge in [0.15, 0.2) is 0 Å². The summed E-state index contributed by atoms with van der Waals surface area (Å²) < 4.78 is 0. The fraction of sp³-hybridized carbons (Fsp3) is 0.143. The minimum atomic E-state index is -0.231. The lowest BCUT2D eigenvalue weighted by Gasteiger charge is -2.36. The van der Waals surface area contributed by atoms with Gasteiger partial charge in [-0.3, -0.25) is 0 Å². The first-order valence-electron chi connectivity index (χ1n) is 9.92. The van der Waals surface area contributed by atoms with E-state index in [4.69, 9.17) is 0 Å². The highest BCUT2D eigenvalue weighted by atomic mass is 14.4. The first kappa shape index (κ1) is 18.3. The molecular formula is C28H26. The molecule has 4 aromatic rings. The molecule has 4 rings (SSSR count). The van der Waals surface area contributed by atoms with Crippen molar-refractivity contribution >= 4 is 0 Å². The highest BCUT2D eigenvalue weighted by Crippen LogP contribution is 2.42. The molecule has 0 nitrogen and oxygen atoms in total. The fourth-order valence-electron chi connectivity index (χ4n) is 4.10. The second kappa shape index (κ2) is 7.86. The van der Waals surface area contributed by atoms with Gasteiger partial charge in [-0.2, -0.15) is 0 Å². The molecule has 0 aliphatic heterocycles. The van der Waals surface area contributed by atoms with Crippen LogP contribution in [0.2, 0.25) is 0 Å². The summed E-state index contributed by atoms with van der Waals surface area (Å²) in [5.74, 6) is 0. The topological polar surface area (TPSA) is 0 Å². The average molecular weight is 363 g/mol. The number of aryl methyl sites for hydroxylation is 2. The lowest BCUT2D eigenvalue weighted by Crippen LogP contribution is -2.32. The van der Waals surface area contributed by atoms with Crippen molar-refractivity contribution in [1.82, 2.24) is 0 Å². The van der Waals surface area contributed by atoms with Gasteiger partial charge in [-0.15, -0.1) is 0 Å². The van der Waals surface area contributed by atoms with Crippen molar-refractivity contribution in [2.75, 3.05) is 0 Å². The molecule has 0 bridgehead atoms. The summed E-state index contributed by atoms with van der Waals surface area (Å²) in [7, 11) is 0. The molecule has 0 radical (unpaired) electrons. The molecule has 0 aromatic heterocycles. The molecule has 4 aromatic carbocycles. The van der Waals surface area contributed by atoms with Gasteiger partial charge in [0.05, 0.1) is 0 Å². The van der Waals surface area contributed by atoms with E-state index < -0.39 is 0 Å². The number of rotatable bonds is 5. The summed E-state index contributed by atoms with van der Waals surface area (Å²) in [6.07, 6.45) is 0.921. The normalized spacial score (nSPS) is 11.4. The zero-order valence-electron chi connectivity index (χ0n) is 16.6. The zero-order valence-corrected chi connectivity index (χ0v) is 16.6.